The summed E-state index contributed by atoms with van der Waals surface area (Å²) >= 11 is 1.49. The van der Waals surface area contributed by atoms with E-state index in [0.717, 1.165) is 35.7 Å². The molecule has 2 aliphatic rings. The standard InChI is InChI=1S/C24H28N2O4S/c1-4-25(5-2)10-11-26-21(19-7-6-12-31-19)20(23(28)24(26)29)22(27)16-8-9-18-17(14-16)13-15(3)30-18/h6-9,12,14-15,21,27H,4-5,10-11,13H2,1-3H3. The van der Waals surface area contributed by atoms with Crippen LogP contribution in [0.4, 0.5) is 0 Å². The second-order valence-electron chi connectivity index (χ2n) is 7.99. The highest BCUT2D eigenvalue weighted by atomic mass is 32.1. The van der Waals surface area contributed by atoms with Gasteiger partial charge in [-0.05, 0) is 55.2 Å². The predicted octanol–water partition coefficient (Wildman–Crippen LogP) is 3.84. The number of carbonyl (C=O) groups excluding carboxylic acids is 2. The molecule has 2 aromatic rings. The summed E-state index contributed by atoms with van der Waals surface area (Å²) < 4.78 is 5.75. The van der Waals surface area contributed by atoms with Crippen molar-refractivity contribution in [3.63, 3.8) is 0 Å². The lowest BCUT2D eigenvalue weighted by molar-refractivity contribution is -0.140. The summed E-state index contributed by atoms with van der Waals surface area (Å²) in [6.45, 7) is 9.01. The maximum Gasteiger partial charge on any atom is 0.295 e. The zero-order valence-corrected chi connectivity index (χ0v) is 18.9. The molecule has 2 aliphatic heterocycles. The number of likely N-dealkylation sites (tertiary alicyclic amines) is 1. The van der Waals surface area contributed by atoms with E-state index in [4.69, 9.17) is 4.74 Å². The predicted molar refractivity (Wildman–Crippen MR) is 121 cm³/mol. The van der Waals surface area contributed by atoms with Crippen LogP contribution in [0.5, 0.6) is 5.75 Å². The Hall–Kier alpha value is -2.64. The maximum atomic E-state index is 13.1. The lowest BCUT2D eigenvalue weighted by atomic mass is 9.98. The van der Waals surface area contributed by atoms with Gasteiger partial charge in [0.15, 0.2) is 0 Å². The van der Waals surface area contributed by atoms with E-state index in [-0.39, 0.29) is 17.4 Å². The molecule has 1 saturated heterocycles. The number of hydrogen-bond acceptors (Lipinski definition) is 6. The Morgan fingerprint density at radius 2 is 2.03 bits per heavy atom. The monoisotopic (exact) mass is 440 g/mol. The van der Waals surface area contributed by atoms with Crippen molar-refractivity contribution in [2.45, 2.75) is 39.3 Å². The number of nitrogens with zero attached hydrogens (tertiary/aromatic N) is 2. The molecule has 0 bridgehead atoms. The van der Waals surface area contributed by atoms with Gasteiger partial charge in [-0.2, -0.15) is 0 Å². The summed E-state index contributed by atoms with van der Waals surface area (Å²) in [6.07, 6.45) is 0.840. The summed E-state index contributed by atoms with van der Waals surface area (Å²) in [5.74, 6) is -0.492. The van der Waals surface area contributed by atoms with Crippen LogP contribution in [0, 0.1) is 0 Å². The van der Waals surface area contributed by atoms with Gasteiger partial charge >= 0.3 is 0 Å². The summed E-state index contributed by atoms with van der Waals surface area (Å²) in [5, 5.41) is 13.1. The zero-order chi connectivity index (χ0) is 22.1. The van der Waals surface area contributed by atoms with Gasteiger partial charge in [0.1, 0.15) is 17.6 Å². The molecule has 1 fully saturated rings. The van der Waals surface area contributed by atoms with Crippen LogP contribution in [-0.2, 0) is 16.0 Å². The quantitative estimate of drug-likeness (QED) is 0.403. The van der Waals surface area contributed by atoms with Crippen LogP contribution >= 0.6 is 11.3 Å². The third-order valence-corrected chi connectivity index (χ3v) is 7.00. The molecule has 1 aromatic heterocycles. The zero-order valence-electron chi connectivity index (χ0n) is 18.1. The number of aliphatic hydroxyl groups is 1. The van der Waals surface area contributed by atoms with Gasteiger partial charge in [0.05, 0.1) is 11.6 Å². The fraction of sp³-hybridized carbons (Fsp3) is 0.417. The first-order valence-corrected chi connectivity index (χ1v) is 11.7. The molecular formula is C24H28N2O4S. The Labute approximate surface area is 186 Å². The van der Waals surface area contributed by atoms with Crippen molar-refractivity contribution >= 4 is 28.8 Å². The van der Waals surface area contributed by atoms with Crippen molar-refractivity contribution in [1.29, 1.82) is 0 Å². The molecule has 0 radical (unpaired) electrons. The molecule has 164 valence electrons. The third-order valence-electron chi connectivity index (χ3n) is 6.07. The normalized spacial score (nSPS) is 22.3. The molecule has 31 heavy (non-hydrogen) atoms. The highest BCUT2D eigenvalue weighted by Crippen LogP contribution is 2.41. The number of amides is 1. The molecule has 0 saturated carbocycles. The topological polar surface area (TPSA) is 70.1 Å². The lowest BCUT2D eigenvalue weighted by Gasteiger charge is -2.27. The first kappa shape index (κ1) is 21.6. The van der Waals surface area contributed by atoms with Gasteiger partial charge in [0.2, 0.25) is 0 Å². The number of rotatable bonds is 7. The summed E-state index contributed by atoms with van der Waals surface area (Å²) in [4.78, 5) is 30.7. The van der Waals surface area contributed by atoms with Crippen LogP contribution in [0.3, 0.4) is 0 Å². The highest BCUT2D eigenvalue weighted by molar-refractivity contribution is 7.10. The van der Waals surface area contributed by atoms with Gasteiger partial charge in [-0.15, -0.1) is 11.3 Å². The summed E-state index contributed by atoms with van der Waals surface area (Å²) in [5.41, 5.74) is 1.71. The Morgan fingerprint density at radius 1 is 1.26 bits per heavy atom. The summed E-state index contributed by atoms with van der Waals surface area (Å²) in [6, 6.07) is 8.68. The Kier molecular flexibility index (Phi) is 6.16. The molecule has 0 aliphatic carbocycles. The van der Waals surface area contributed by atoms with Gasteiger partial charge in [-0.25, -0.2) is 0 Å². The number of benzene rings is 1. The molecule has 3 heterocycles. The van der Waals surface area contributed by atoms with Crippen LogP contribution in [0.15, 0.2) is 41.3 Å². The Morgan fingerprint density at radius 3 is 2.71 bits per heavy atom. The average molecular weight is 441 g/mol. The van der Waals surface area contributed by atoms with E-state index in [1.165, 1.54) is 11.3 Å². The third kappa shape index (κ3) is 4.00. The second-order valence-corrected chi connectivity index (χ2v) is 8.97. The Balaban J connectivity index is 1.74. The number of Topliss-reactive ketones (excluding diaryl/α,β-unsaturated/α-hetero) is 1. The first-order valence-electron chi connectivity index (χ1n) is 10.8. The number of ether oxygens (including phenoxy) is 1. The van der Waals surface area contributed by atoms with E-state index in [2.05, 4.69) is 18.7 Å². The van der Waals surface area contributed by atoms with E-state index in [1.807, 2.05) is 36.6 Å². The molecule has 2 atom stereocenters. The van der Waals surface area contributed by atoms with Crippen LogP contribution in [0.1, 0.15) is 42.8 Å². The van der Waals surface area contributed by atoms with Crippen molar-refractivity contribution in [2.75, 3.05) is 26.2 Å². The highest BCUT2D eigenvalue weighted by Gasteiger charge is 2.46. The molecule has 7 heteroatoms. The van der Waals surface area contributed by atoms with E-state index in [9.17, 15) is 14.7 Å². The minimum absolute atomic E-state index is 0.0872. The van der Waals surface area contributed by atoms with Crippen LogP contribution < -0.4 is 4.74 Å². The Bertz CT molecular complexity index is 1010. The van der Waals surface area contributed by atoms with Crippen LogP contribution in [-0.4, -0.2) is 58.9 Å². The number of fused-ring (bicyclic) bond motifs is 1. The maximum absolute atomic E-state index is 13.1. The minimum Gasteiger partial charge on any atom is -0.507 e. The molecule has 1 N–H and O–H groups in total. The minimum atomic E-state index is -0.624. The average Bonchev–Trinajstić information content (AvgIpc) is 3.47. The van der Waals surface area contributed by atoms with Crippen molar-refractivity contribution < 1.29 is 19.4 Å². The van der Waals surface area contributed by atoms with E-state index in [0.29, 0.717) is 18.7 Å². The van der Waals surface area contributed by atoms with Gasteiger partial charge in [-0.3, -0.25) is 9.59 Å². The van der Waals surface area contributed by atoms with E-state index >= 15 is 0 Å². The van der Waals surface area contributed by atoms with Gasteiger partial charge < -0.3 is 19.6 Å². The molecule has 1 aromatic carbocycles. The van der Waals surface area contributed by atoms with Gasteiger partial charge in [0.25, 0.3) is 11.7 Å². The second kappa shape index (κ2) is 8.85. The molecular weight excluding hydrogens is 412 g/mol. The number of hydrogen-bond donors (Lipinski definition) is 1. The van der Waals surface area contributed by atoms with Crippen molar-refractivity contribution in [3.05, 3.63) is 57.3 Å². The molecule has 1 amide bonds. The van der Waals surface area contributed by atoms with Crippen molar-refractivity contribution in [2.24, 2.45) is 0 Å². The van der Waals surface area contributed by atoms with E-state index in [1.54, 1.807) is 11.0 Å². The number of thiophene rings is 1. The van der Waals surface area contributed by atoms with Gasteiger partial charge in [-0.1, -0.05) is 19.9 Å². The smallest absolute Gasteiger partial charge is 0.295 e. The van der Waals surface area contributed by atoms with Crippen molar-refractivity contribution in [3.8, 4) is 5.75 Å². The number of ketones is 1. The first-order chi connectivity index (χ1) is 14.9. The number of aliphatic hydroxyl groups excluding tert-OH is 1. The fourth-order valence-electron chi connectivity index (χ4n) is 4.37. The number of carbonyl (C=O) groups is 2. The number of likely N-dealkylation sites (N-methyl/N-ethyl adjacent to an activating group) is 1. The fourth-order valence-corrected chi connectivity index (χ4v) is 5.21. The van der Waals surface area contributed by atoms with Crippen LogP contribution in [0.2, 0.25) is 0 Å². The summed E-state index contributed by atoms with van der Waals surface area (Å²) in [7, 11) is 0. The lowest BCUT2D eigenvalue weighted by Crippen LogP contribution is -2.37. The van der Waals surface area contributed by atoms with Crippen LogP contribution in [0.25, 0.3) is 5.76 Å². The molecule has 2 unspecified atom stereocenters. The SMILES string of the molecule is CCN(CC)CCN1C(=O)C(=O)C(=C(O)c2ccc3c(c2)CC(C)O3)C1c1cccs1. The molecule has 6 nitrogen and oxygen atoms in total. The van der Waals surface area contributed by atoms with E-state index < -0.39 is 17.7 Å². The van der Waals surface area contributed by atoms with Crippen molar-refractivity contribution in [1.82, 2.24) is 9.80 Å². The van der Waals surface area contributed by atoms with Gasteiger partial charge in [0, 0.05) is 30.0 Å². The molecule has 4 rings (SSSR count). The largest absolute Gasteiger partial charge is 0.507 e. The molecule has 0 spiro atoms.